The van der Waals surface area contributed by atoms with Crippen LogP contribution in [0.2, 0.25) is 13.1 Å². The summed E-state index contributed by atoms with van der Waals surface area (Å²) in [5, 5.41) is 0. The first-order valence-electron chi connectivity index (χ1n) is 7.35. The molecule has 0 fully saturated rings. The van der Waals surface area contributed by atoms with Crippen LogP contribution in [-0.4, -0.2) is 15.2 Å². The van der Waals surface area contributed by atoms with Crippen molar-refractivity contribution < 1.29 is 8.85 Å². The summed E-state index contributed by atoms with van der Waals surface area (Å²) < 4.78 is 12.0. The van der Waals surface area contributed by atoms with Crippen LogP contribution in [0.15, 0.2) is 24.3 Å². The molecular formula is C16H28O2Si. The fourth-order valence-electron chi connectivity index (χ4n) is 1.95. The van der Waals surface area contributed by atoms with Crippen molar-refractivity contribution in [3.05, 3.63) is 29.8 Å². The fraction of sp³-hybridized carbons (Fsp3) is 0.625. The highest BCUT2D eigenvalue weighted by atomic mass is 28.4. The van der Waals surface area contributed by atoms with Gasteiger partial charge in [-0.15, -0.1) is 0 Å². The van der Waals surface area contributed by atoms with E-state index in [1.165, 1.54) is 12.0 Å². The van der Waals surface area contributed by atoms with Crippen molar-refractivity contribution in [2.45, 2.75) is 53.1 Å². The Morgan fingerprint density at radius 1 is 1.21 bits per heavy atom. The summed E-state index contributed by atoms with van der Waals surface area (Å²) in [5.41, 5.74) is 1.31. The molecule has 19 heavy (non-hydrogen) atoms. The predicted octanol–water partition coefficient (Wildman–Crippen LogP) is 4.78. The van der Waals surface area contributed by atoms with Crippen LogP contribution in [0.1, 0.15) is 39.2 Å². The monoisotopic (exact) mass is 280 g/mol. The van der Waals surface area contributed by atoms with Crippen molar-refractivity contribution in [2.24, 2.45) is 5.92 Å². The van der Waals surface area contributed by atoms with E-state index < -0.39 is 8.56 Å². The van der Waals surface area contributed by atoms with Gasteiger partial charge in [0.15, 0.2) is 0 Å². The lowest BCUT2D eigenvalue weighted by atomic mass is 10.1. The molecule has 0 aliphatic rings. The highest BCUT2D eigenvalue weighted by Gasteiger charge is 2.26. The Balaban J connectivity index is 2.44. The van der Waals surface area contributed by atoms with Gasteiger partial charge in [-0.1, -0.05) is 32.9 Å². The van der Waals surface area contributed by atoms with Crippen LogP contribution < -0.4 is 4.43 Å². The van der Waals surface area contributed by atoms with E-state index in [1.54, 1.807) is 0 Å². The van der Waals surface area contributed by atoms with E-state index in [-0.39, 0.29) is 0 Å². The summed E-state index contributed by atoms with van der Waals surface area (Å²) in [6, 6.07) is 8.32. The second-order valence-corrected chi connectivity index (χ2v) is 9.18. The molecule has 1 aromatic carbocycles. The Labute approximate surface area is 119 Å². The summed E-state index contributed by atoms with van der Waals surface area (Å²) in [7, 11) is -2.05. The van der Waals surface area contributed by atoms with Crippen LogP contribution in [0.4, 0.5) is 0 Å². The lowest BCUT2D eigenvalue weighted by Gasteiger charge is -2.24. The Morgan fingerprint density at radius 2 is 1.95 bits per heavy atom. The normalized spacial score (nSPS) is 11.9. The summed E-state index contributed by atoms with van der Waals surface area (Å²) in [5.74, 6) is 1.69. The fourth-order valence-corrected chi connectivity index (χ4v) is 3.34. The number of benzene rings is 1. The molecule has 0 saturated carbocycles. The molecule has 0 radical (unpaired) electrons. The molecule has 1 rings (SSSR count). The number of hydrogen-bond acceptors (Lipinski definition) is 2. The van der Waals surface area contributed by atoms with Crippen molar-refractivity contribution in [1.29, 1.82) is 0 Å². The van der Waals surface area contributed by atoms with Gasteiger partial charge in [-0.05, 0) is 56.0 Å². The van der Waals surface area contributed by atoms with E-state index in [2.05, 4.69) is 52.1 Å². The molecule has 108 valence electrons. The van der Waals surface area contributed by atoms with Crippen LogP contribution in [-0.2, 0) is 10.8 Å². The number of rotatable bonds is 8. The van der Waals surface area contributed by atoms with Gasteiger partial charge >= 0.3 is 8.56 Å². The number of aryl methyl sites for hydroxylation is 1. The van der Waals surface area contributed by atoms with Crippen molar-refractivity contribution >= 4 is 8.56 Å². The summed E-state index contributed by atoms with van der Waals surface area (Å²) in [6.07, 6.45) is 3.37. The van der Waals surface area contributed by atoms with Crippen LogP contribution in [0, 0.1) is 5.92 Å². The van der Waals surface area contributed by atoms with E-state index in [1.807, 2.05) is 6.07 Å². The van der Waals surface area contributed by atoms with E-state index in [0.29, 0.717) is 0 Å². The maximum absolute atomic E-state index is 6.07. The van der Waals surface area contributed by atoms with Gasteiger partial charge in [0, 0.05) is 6.61 Å². The minimum absolute atomic E-state index is 0.746. The molecule has 0 spiro atoms. The van der Waals surface area contributed by atoms with Crippen LogP contribution in [0.5, 0.6) is 5.75 Å². The van der Waals surface area contributed by atoms with Gasteiger partial charge in [0.25, 0.3) is 0 Å². The van der Waals surface area contributed by atoms with Crippen molar-refractivity contribution in [3.63, 3.8) is 0 Å². The third kappa shape index (κ3) is 6.78. The Hall–Kier alpha value is -0.803. The second-order valence-electron chi connectivity index (χ2n) is 5.89. The largest absolute Gasteiger partial charge is 0.520 e. The molecule has 0 heterocycles. The highest BCUT2D eigenvalue weighted by Crippen LogP contribution is 2.19. The van der Waals surface area contributed by atoms with Gasteiger partial charge in [0.2, 0.25) is 0 Å². The molecule has 0 aliphatic heterocycles. The van der Waals surface area contributed by atoms with E-state index in [9.17, 15) is 0 Å². The van der Waals surface area contributed by atoms with Crippen molar-refractivity contribution in [3.8, 4) is 5.75 Å². The summed E-state index contributed by atoms with van der Waals surface area (Å²) in [4.78, 5) is 0. The molecule has 0 bridgehead atoms. The molecule has 0 atom stereocenters. The van der Waals surface area contributed by atoms with E-state index in [0.717, 1.165) is 31.1 Å². The smallest absolute Gasteiger partial charge is 0.392 e. The molecule has 3 heteroatoms. The highest BCUT2D eigenvalue weighted by molar-refractivity contribution is 6.65. The summed E-state index contributed by atoms with van der Waals surface area (Å²) >= 11 is 0. The Bertz CT molecular complexity index is 375. The Morgan fingerprint density at radius 3 is 2.58 bits per heavy atom. The Kier molecular flexibility index (Phi) is 6.59. The molecule has 0 saturated heterocycles. The van der Waals surface area contributed by atoms with Crippen molar-refractivity contribution in [2.75, 3.05) is 6.61 Å². The molecule has 0 unspecified atom stereocenters. The zero-order valence-corrected chi connectivity index (χ0v) is 14.0. The molecule has 0 amide bonds. The first-order valence-corrected chi connectivity index (χ1v) is 10.2. The minimum Gasteiger partial charge on any atom is -0.520 e. The SMILES string of the molecule is CCc1cccc(O[Si](C)(C)OCCCC(C)C)c1. The summed E-state index contributed by atoms with van der Waals surface area (Å²) in [6.45, 7) is 11.7. The molecule has 0 aliphatic carbocycles. The maximum Gasteiger partial charge on any atom is 0.392 e. The zero-order chi connectivity index (χ0) is 14.3. The molecular weight excluding hydrogens is 252 g/mol. The van der Waals surface area contributed by atoms with Gasteiger partial charge < -0.3 is 8.85 Å². The average molecular weight is 280 g/mol. The third-order valence-electron chi connectivity index (χ3n) is 3.05. The van der Waals surface area contributed by atoms with E-state index in [4.69, 9.17) is 8.85 Å². The minimum atomic E-state index is -2.05. The number of hydrogen-bond donors (Lipinski definition) is 0. The lowest BCUT2D eigenvalue weighted by molar-refractivity contribution is 0.237. The van der Waals surface area contributed by atoms with Gasteiger partial charge in [-0.25, -0.2) is 0 Å². The first-order chi connectivity index (χ1) is 8.93. The molecule has 2 nitrogen and oxygen atoms in total. The molecule has 0 aromatic heterocycles. The quantitative estimate of drug-likeness (QED) is 0.504. The standard InChI is InChI=1S/C16H28O2Si/c1-6-15-10-7-11-16(13-15)18-19(4,5)17-12-8-9-14(2)3/h7,10-11,13-14H,6,8-9,12H2,1-5H3. The van der Waals surface area contributed by atoms with Crippen LogP contribution in [0.3, 0.4) is 0 Å². The molecule has 1 aromatic rings. The second kappa shape index (κ2) is 7.71. The third-order valence-corrected chi connectivity index (χ3v) is 4.67. The van der Waals surface area contributed by atoms with Crippen LogP contribution in [0.25, 0.3) is 0 Å². The van der Waals surface area contributed by atoms with Crippen molar-refractivity contribution in [1.82, 2.24) is 0 Å². The predicted molar refractivity (Wildman–Crippen MR) is 84.0 cm³/mol. The first kappa shape index (κ1) is 16.3. The lowest BCUT2D eigenvalue weighted by Crippen LogP contribution is -2.38. The average Bonchev–Trinajstić information content (AvgIpc) is 2.34. The topological polar surface area (TPSA) is 18.5 Å². The zero-order valence-electron chi connectivity index (χ0n) is 13.0. The molecule has 0 N–H and O–H groups in total. The van der Waals surface area contributed by atoms with Gasteiger partial charge in [0.1, 0.15) is 5.75 Å². The van der Waals surface area contributed by atoms with Gasteiger partial charge in [0.05, 0.1) is 0 Å². The van der Waals surface area contributed by atoms with Crippen LogP contribution >= 0.6 is 0 Å². The van der Waals surface area contributed by atoms with E-state index >= 15 is 0 Å². The maximum atomic E-state index is 6.07. The van der Waals surface area contributed by atoms with Gasteiger partial charge in [-0.3, -0.25) is 0 Å². The van der Waals surface area contributed by atoms with Gasteiger partial charge in [-0.2, -0.15) is 0 Å².